The molecule has 0 aliphatic carbocycles. The van der Waals surface area contributed by atoms with Gasteiger partial charge < -0.3 is 9.42 Å². The Labute approximate surface area is 88.5 Å². The molecule has 1 aliphatic rings. The summed E-state index contributed by atoms with van der Waals surface area (Å²) in [6.45, 7) is 3.48. The third-order valence-electron chi connectivity index (χ3n) is 2.58. The van der Waals surface area contributed by atoms with Crippen LogP contribution in [0.15, 0.2) is 4.52 Å². The maximum absolute atomic E-state index is 11.8. The monoisotopic (exact) mass is 209 g/mol. The van der Waals surface area contributed by atoms with Crippen molar-refractivity contribution in [2.24, 2.45) is 0 Å². The highest BCUT2D eigenvalue weighted by atomic mass is 16.5. The standard InChI is InChI=1S/C10H15N3O2/c1-8-11-9(15-12-8)7-10(14)13-5-3-2-4-6-13/h2-7H2,1H3. The molecular formula is C10H15N3O2. The molecule has 0 saturated carbocycles. The van der Waals surface area contributed by atoms with Crippen LogP contribution >= 0.6 is 0 Å². The van der Waals surface area contributed by atoms with Gasteiger partial charge in [0.05, 0.1) is 0 Å². The van der Waals surface area contributed by atoms with Gasteiger partial charge >= 0.3 is 0 Å². The molecule has 1 aromatic rings. The molecule has 5 nitrogen and oxygen atoms in total. The molecule has 5 heteroatoms. The summed E-state index contributed by atoms with van der Waals surface area (Å²) in [5.41, 5.74) is 0. The summed E-state index contributed by atoms with van der Waals surface area (Å²) in [6, 6.07) is 0. The van der Waals surface area contributed by atoms with E-state index < -0.39 is 0 Å². The van der Waals surface area contributed by atoms with Crippen LogP contribution in [-0.2, 0) is 11.2 Å². The predicted octanol–water partition coefficient (Wildman–Crippen LogP) is 0.933. The van der Waals surface area contributed by atoms with E-state index in [4.69, 9.17) is 4.52 Å². The average molecular weight is 209 g/mol. The first-order valence-corrected chi connectivity index (χ1v) is 5.32. The Morgan fingerprint density at radius 3 is 2.73 bits per heavy atom. The lowest BCUT2D eigenvalue weighted by atomic mass is 10.1. The highest BCUT2D eigenvalue weighted by molar-refractivity contribution is 5.77. The van der Waals surface area contributed by atoms with Crippen LogP contribution in [0.5, 0.6) is 0 Å². The van der Waals surface area contributed by atoms with Gasteiger partial charge in [-0.05, 0) is 26.2 Å². The number of aromatic nitrogens is 2. The van der Waals surface area contributed by atoms with Crippen molar-refractivity contribution in [1.82, 2.24) is 15.0 Å². The quantitative estimate of drug-likeness (QED) is 0.727. The van der Waals surface area contributed by atoms with Gasteiger partial charge in [-0.15, -0.1) is 0 Å². The van der Waals surface area contributed by atoms with Crippen molar-refractivity contribution in [3.8, 4) is 0 Å². The highest BCUT2D eigenvalue weighted by Crippen LogP contribution is 2.10. The highest BCUT2D eigenvalue weighted by Gasteiger charge is 2.18. The van der Waals surface area contributed by atoms with Crippen LogP contribution in [0.1, 0.15) is 31.0 Å². The molecule has 1 amide bonds. The number of piperidine rings is 1. The molecule has 0 spiro atoms. The van der Waals surface area contributed by atoms with Gasteiger partial charge in [0.15, 0.2) is 5.82 Å². The van der Waals surface area contributed by atoms with Crippen molar-refractivity contribution >= 4 is 5.91 Å². The van der Waals surface area contributed by atoms with Crippen molar-refractivity contribution in [2.45, 2.75) is 32.6 Å². The first-order valence-electron chi connectivity index (χ1n) is 5.32. The molecule has 15 heavy (non-hydrogen) atoms. The second kappa shape index (κ2) is 4.42. The molecule has 1 aliphatic heterocycles. The van der Waals surface area contributed by atoms with Crippen LogP contribution in [0.25, 0.3) is 0 Å². The molecule has 0 unspecified atom stereocenters. The van der Waals surface area contributed by atoms with E-state index in [0.717, 1.165) is 25.9 Å². The van der Waals surface area contributed by atoms with E-state index in [2.05, 4.69) is 10.1 Å². The van der Waals surface area contributed by atoms with Crippen molar-refractivity contribution in [2.75, 3.05) is 13.1 Å². The fourth-order valence-electron chi connectivity index (χ4n) is 1.80. The molecule has 1 saturated heterocycles. The van der Waals surface area contributed by atoms with Crippen LogP contribution in [-0.4, -0.2) is 34.0 Å². The van der Waals surface area contributed by atoms with Crippen LogP contribution < -0.4 is 0 Å². The van der Waals surface area contributed by atoms with Crippen LogP contribution in [0.4, 0.5) is 0 Å². The number of amides is 1. The Morgan fingerprint density at radius 2 is 2.13 bits per heavy atom. The summed E-state index contributed by atoms with van der Waals surface area (Å²) in [5, 5.41) is 3.66. The van der Waals surface area contributed by atoms with E-state index in [9.17, 15) is 4.79 Å². The number of carbonyl (C=O) groups excluding carboxylic acids is 1. The lowest BCUT2D eigenvalue weighted by Gasteiger charge is -2.26. The Balaban J connectivity index is 1.91. The molecule has 0 bridgehead atoms. The minimum absolute atomic E-state index is 0.0957. The minimum atomic E-state index is 0.0957. The van der Waals surface area contributed by atoms with Crippen LogP contribution in [0.3, 0.4) is 0 Å². The van der Waals surface area contributed by atoms with Crippen LogP contribution in [0.2, 0.25) is 0 Å². The maximum atomic E-state index is 11.8. The van der Waals surface area contributed by atoms with Gasteiger partial charge in [0, 0.05) is 13.1 Å². The third-order valence-corrected chi connectivity index (χ3v) is 2.58. The lowest BCUT2D eigenvalue weighted by Crippen LogP contribution is -2.36. The number of rotatable bonds is 2. The minimum Gasteiger partial charge on any atom is -0.342 e. The van der Waals surface area contributed by atoms with E-state index in [1.807, 2.05) is 4.90 Å². The molecule has 0 aromatic carbocycles. The normalized spacial score (nSPS) is 16.7. The van der Waals surface area contributed by atoms with Crippen molar-refractivity contribution in [3.63, 3.8) is 0 Å². The molecule has 0 atom stereocenters. The molecule has 82 valence electrons. The number of carbonyl (C=O) groups is 1. The van der Waals surface area contributed by atoms with Gasteiger partial charge in [-0.1, -0.05) is 5.16 Å². The van der Waals surface area contributed by atoms with E-state index in [1.54, 1.807) is 6.92 Å². The summed E-state index contributed by atoms with van der Waals surface area (Å²) < 4.78 is 4.92. The van der Waals surface area contributed by atoms with E-state index >= 15 is 0 Å². The molecule has 0 radical (unpaired) electrons. The number of likely N-dealkylation sites (tertiary alicyclic amines) is 1. The lowest BCUT2D eigenvalue weighted by molar-refractivity contribution is -0.131. The molecular weight excluding hydrogens is 194 g/mol. The maximum Gasteiger partial charge on any atom is 0.236 e. The van der Waals surface area contributed by atoms with Gasteiger partial charge in [0.25, 0.3) is 0 Å². The van der Waals surface area contributed by atoms with Gasteiger partial charge in [-0.3, -0.25) is 4.79 Å². The first-order chi connectivity index (χ1) is 7.25. The molecule has 2 rings (SSSR count). The smallest absolute Gasteiger partial charge is 0.236 e. The number of nitrogens with zero attached hydrogens (tertiary/aromatic N) is 3. The van der Waals surface area contributed by atoms with Gasteiger partial charge in [0.1, 0.15) is 6.42 Å². The van der Waals surface area contributed by atoms with Crippen molar-refractivity contribution < 1.29 is 9.32 Å². The van der Waals surface area contributed by atoms with E-state index in [-0.39, 0.29) is 12.3 Å². The second-order valence-corrected chi connectivity index (χ2v) is 3.85. The van der Waals surface area contributed by atoms with Crippen molar-refractivity contribution in [3.05, 3.63) is 11.7 Å². The molecule has 1 fully saturated rings. The second-order valence-electron chi connectivity index (χ2n) is 3.85. The summed E-state index contributed by atoms with van der Waals surface area (Å²) in [5.74, 6) is 1.10. The molecule has 2 heterocycles. The zero-order chi connectivity index (χ0) is 10.7. The summed E-state index contributed by atoms with van der Waals surface area (Å²) in [6.07, 6.45) is 3.67. The first kappa shape index (κ1) is 10.1. The Kier molecular flexibility index (Phi) is 2.99. The Hall–Kier alpha value is -1.39. The number of hydrogen-bond donors (Lipinski definition) is 0. The van der Waals surface area contributed by atoms with E-state index in [1.165, 1.54) is 6.42 Å². The zero-order valence-electron chi connectivity index (χ0n) is 8.90. The fourth-order valence-corrected chi connectivity index (χ4v) is 1.80. The molecule has 0 N–H and O–H groups in total. The Morgan fingerprint density at radius 1 is 1.40 bits per heavy atom. The summed E-state index contributed by atoms with van der Waals surface area (Å²) in [7, 11) is 0. The largest absolute Gasteiger partial charge is 0.342 e. The SMILES string of the molecule is Cc1noc(CC(=O)N2CCCCC2)n1. The topological polar surface area (TPSA) is 59.2 Å². The zero-order valence-corrected chi connectivity index (χ0v) is 8.90. The predicted molar refractivity (Wildman–Crippen MR) is 53.2 cm³/mol. The summed E-state index contributed by atoms with van der Waals surface area (Å²) >= 11 is 0. The van der Waals surface area contributed by atoms with Gasteiger partial charge in [-0.2, -0.15) is 4.98 Å². The average Bonchev–Trinajstić information content (AvgIpc) is 2.65. The number of hydrogen-bond acceptors (Lipinski definition) is 4. The fraction of sp³-hybridized carbons (Fsp3) is 0.700. The van der Waals surface area contributed by atoms with Gasteiger partial charge in [0.2, 0.25) is 11.8 Å². The van der Waals surface area contributed by atoms with Crippen molar-refractivity contribution in [1.29, 1.82) is 0 Å². The van der Waals surface area contributed by atoms with Crippen LogP contribution in [0, 0.1) is 6.92 Å². The summed E-state index contributed by atoms with van der Waals surface area (Å²) in [4.78, 5) is 17.7. The third kappa shape index (κ3) is 2.55. The Bertz CT molecular complexity index is 342. The van der Waals surface area contributed by atoms with Gasteiger partial charge in [-0.25, -0.2) is 0 Å². The number of aryl methyl sites for hydroxylation is 1. The molecule has 1 aromatic heterocycles. The van der Waals surface area contributed by atoms with E-state index in [0.29, 0.717) is 11.7 Å².